The summed E-state index contributed by atoms with van der Waals surface area (Å²) in [6.45, 7) is 1.89. The summed E-state index contributed by atoms with van der Waals surface area (Å²) in [4.78, 5) is 0. The topological polar surface area (TPSA) is 40.7 Å². The van der Waals surface area contributed by atoms with Crippen LogP contribution in [0.1, 0.15) is 11.3 Å². The summed E-state index contributed by atoms with van der Waals surface area (Å²) in [5.41, 5.74) is 4.65. The van der Waals surface area contributed by atoms with E-state index in [9.17, 15) is 0 Å². The normalized spacial score (nSPS) is 14.8. The van der Waals surface area contributed by atoms with Crippen molar-refractivity contribution in [1.29, 1.82) is 0 Å². The Morgan fingerprint density at radius 3 is 3.12 bits per heavy atom. The third-order valence-corrected chi connectivity index (χ3v) is 3.14. The monoisotopic (exact) mass is 233 g/mol. The highest BCUT2D eigenvalue weighted by Gasteiger charge is 2.17. The van der Waals surface area contributed by atoms with Crippen LogP contribution in [0.15, 0.2) is 24.3 Å². The van der Waals surface area contributed by atoms with Gasteiger partial charge in [-0.05, 0) is 25.1 Å². The molecule has 1 aliphatic rings. The summed E-state index contributed by atoms with van der Waals surface area (Å²) in [5, 5.41) is 11.5. The zero-order chi connectivity index (χ0) is 11.0. The second-order valence-electron chi connectivity index (χ2n) is 3.97. The maximum Gasteiger partial charge on any atom is 0.0957 e. The summed E-state index contributed by atoms with van der Waals surface area (Å²) in [6.07, 6.45) is 1.02. The number of rotatable bonds is 1. The molecule has 2 heterocycles. The number of fused-ring (bicyclic) bond motifs is 1. The quantitative estimate of drug-likeness (QED) is 0.794. The molecule has 0 saturated carbocycles. The van der Waals surface area contributed by atoms with Crippen molar-refractivity contribution in [3.8, 4) is 11.3 Å². The van der Waals surface area contributed by atoms with Crippen LogP contribution < -0.4 is 5.32 Å². The first-order chi connectivity index (χ1) is 7.84. The van der Waals surface area contributed by atoms with E-state index >= 15 is 0 Å². The Kier molecular flexibility index (Phi) is 2.42. The molecular formula is C12H12ClN3. The molecule has 0 aliphatic carbocycles. The molecule has 0 unspecified atom stereocenters. The van der Waals surface area contributed by atoms with Gasteiger partial charge < -0.3 is 5.32 Å². The van der Waals surface area contributed by atoms with Crippen LogP contribution in [0.4, 0.5) is 0 Å². The minimum absolute atomic E-state index is 0.753. The molecule has 0 amide bonds. The second kappa shape index (κ2) is 3.92. The molecule has 1 aromatic carbocycles. The molecule has 16 heavy (non-hydrogen) atoms. The van der Waals surface area contributed by atoms with E-state index in [1.54, 1.807) is 0 Å². The average molecular weight is 234 g/mol. The first-order valence-electron chi connectivity index (χ1n) is 5.37. The molecule has 3 rings (SSSR count). The SMILES string of the molecule is Clc1cccc(-c2n[nH]c3c2CCNC3)c1. The molecule has 0 saturated heterocycles. The molecule has 0 atom stereocenters. The molecule has 0 radical (unpaired) electrons. The minimum Gasteiger partial charge on any atom is -0.311 e. The van der Waals surface area contributed by atoms with Crippen molar-refractivity contribution in [1.82, 2.24) is 15.5 Å². The lowest BCUT2D eigenvalue weighted by molar-refractivity contribution is 0.633. The largest absolute Gasteiger partial charge is 0.311 e. The van der Waals surface area contributed by atoms with Crippen LogP contribution in [0.2, 0.25) is 5.02 Å². The van der Waals surface area contributed by atoms with E-state index < -0.39 is 0 Å². The van der Waals surface area contributed by atoms with Gasteiger partial charge in [0.25, 0.3) is 0 Å². The fourth-order valence-corrected chi connectivity index (χ4v) is 2.31. The van der Waals surface area contributed by atoms with Crippen LogP contribution in [-0.4, -0.2) is 16.7 Å². The van der Waals surface area contributed by atoms with E-state index in [2.05, 4.69) is 15.5 Å². The van der Waals surface area contributed by atoms with Gasteiger partial charge in [0, 0.05) is 22.7 Å². The molecule has 3 nitrogen and oxygen atoms in total. The number of nitrogens with one attached hydrogen (secondary N) is 2. The Hall–Kier alpha value is -1.32. The van der Waals surface area contributed by atoms with Gasteiger partial charge >= 0.3 is 0 Å². The lowest BCUT2D eigenvalue weighted by atomic mass is 10.0. The highest BCUT2D eigenvalue weighted by molar-refractivity contribution is 6.30. The first-order valence-corrected chi connectivity index (χ1v) is 5.75. The summed E-state index contributed by atoms with van der Waals surface area (Å²) in [5.74, 6) is 0. The number of aromatic nitrogens is 2. The number of halogens is 1. The van der Waals surface area contributed by atoms with Gasteiger partial charge in [-0.2, -0.15) is 5.10 Å². The van der Waals surface area contributed by atoms with Crippen LogP contribution in [0.25, 0.3) is 11.3 Å². The highest BCUT2D eigenvalue weighted by atomic mass is 35.5. The van der Waals surface area contributed by atoms with E-state index in [4.69, 9.17) is 11.6 Å². The molecule has 0 bridgehead atoms. The van der Waals surface area contributed by atoms with Gasteiger partial charge in [0.2, 0.25) is 0 Å². The fraction of sp³-hybridized carbons (Fsp3) is 0.250. The molecule has 2 N–H and O–H groups in total. The van der Waals surface area contributed by atoms with Gasteiger partial charge in [-0.25, -0.2) is 0 Å². The van der Waals surface area contributed by atoms with Crippen molar-refractivity contribution in [2.75, 3.05) is 6.54 Å². The number of aromatic amines is 1. The lowest BCUT2D eigenvalue weighted by Crippen LogP contribution is -2.23. The van der Waals surface area contributed by atoms with Crippen LogP contribution in [0, 0.1) is 0 Å². The number of hydrogen-bond donors (Lipinski definition) is 2. The summed E-state index contributed by atoms with van der Waals surface area (Å²) in [7, 11) is 0. The molecule has 0 spiro atoms. The van der Waals surface area contributed by atoms with E-state index in [0.29, 0.717) is 0 Å². The van der Waals surface area contributed by atoms with Crippen molar-refractivity contribution >= 4 is 11.6 Å². The third-order valence-electron chi connectivity index (χ3n) is 2.90. The zero-order valence-electron chi connectivity index (χ0n) is 8.76. The molecule has 4 heteroatoms. The van der Waals surface area contributed by atoms with Crippen LogP contribution >= 0.6 is 11.6 Å². The predicted molar refractivity (Wildman–Crippen MR) is 64.4 cm³/mol. The molecule has 1 aliphatic heterocycles. The smallest absolute Gasteiger partial charge is 0.0957 e. The van der Waals surface area contributed by atoms with Crippen molar-refractivity contribution in [3.05, 3.63) is 40.5 Å². The van der Waals surface area contributed by atoms with E-state index in [1.165, 1.54) is 11.3 Å². The number of nitrogens with zero attached hydrogens (tertiary/aromatic N) is 1. The molecule has 2 aromatic rings. The van der Waals surface area contributed by atoms with Crippen molar-refractivity contribution in [2.24, 2.45) is 0 Å². The third kappa shape index (κ3) is 1.62. The lowest BCUT2D eigenvalue weighted by Gasteiger charge is -2.12. The van der Waals surface area contributed by atoms with Gasteiger partial charge in [0.05, 0.1) is 11.4 Å². The molecule has 0 fully saturated rings. The van der Waals surface area contributed by atoms with Crippen LogP contribution in [0.5, 0.6) is 0 Å². The van der Waals surface area contributed by atoms with Gasteiger partial charge in [0.15, 0.2) is 0 Å². The van der Waals surface area contributed by atoms with Crippen LogP contribution in [-0.2, 0) is 13.0 Å². The van der Waals surface area contributed by atoms with Gasteiger partial charge in [-0.1, -0.05) is 23.7 Å². The van der Waals surface area contributed by atoms with Crippen LogP contribution in [0.3, 0.4) is 0 Å². The summed E-state index contributed by atoms with van der Waals surface area (Å²) >= 11 is 5.99. The van der Waals surface area contributed by atoms with E-state index in [-0.39, 0.29) is 0 Å². The highest BCUT2D eigenvalue weighted by Crippen LogP contribution is 2.27. The molecular weight excluding hydrogens is 222 g/mol. The predicted octanol–water partition coefficient (Wildman–Crippen LogP) is 2.38. The second-order valence-corrected chi connectivity index (χ2v) is 4.40. The van der Waals surface area contributed by atoms with E-state index in [0.717, 1.165) is 35.8 Å². The number of benzene rings is 1. The maximum atomic E-state index is 5.99. The minimum atomic E-state index is 0.753. The standard InChI is InChI=1S/C12H12ClN3/c13-9-3-1-2-8(6-9)12-10-4-5-14-7-11(10)15-16-12/h1-3,6,14H,4-5,7H2,(H,15,16). The van der Waals surface area contributed by atoms with Crippen molar-refractivity contribution in [3.63, 3.8) is 0 Å². The molecule has 82 valence electrons. The Bertz CT molecular complexity index is 519. The van der Waals surface area contributed by atoms with E-state index in [1.807, 2.05) is 24.3 Å². The zero-order valence-corrected chi connectivity index (χ0v) is 9.51. The Morgan fingerprint density at radius 1 is 1.31 bits per heavy atom. The van der Waals surface area contributed by atoms with Crippen molar-refractivity contribution in [2.45, 2.75) is 13.0 Å². The van der Waals surface area contributed by atoms with Gasteiger partial charge in [-0.3, -0.25) is 5.10 Å². The summed E-state index contributed by atoms with van der Waals surface area (Å²) in [6, 6.07) is 7.84. The average Bonchev–Trinajstić information content (AvgIpc) is 2.72. The fourth-order valence-electron chi connectivity index (χ4n) is 2.12. The van der Waals surface area contributed by atoms with Gasteiger partial charge in [-0.15, -0.1) is 0 Å². The Morgan fingerprint density at radius 2 is 2.25 bits per heavy atom. The number of hydrogen-bond acceptors (Lipinski definition) is 2. The Labute approximate surface area is 98.8 Å². The maximum absolute atomic E-state index is 5.99. The van der Waals surface area contributed by atoms with Gasteiger partial charge in [0.1, 0.15) is 0 Å². The van der Waals surface area contributed by atoms with Crippen molar-refractivity contribution < 1.29 is 0 Å². The summed E-state index contributed by atoms with van der Waals surface area (Å²) < 4.78 is 0. The number of H-pyrrole nitrogens is 1. The first kappa shape index (κ1) is 9.87. The molecule has 1 aromatic heterocycles. The Balaban J connectivity index is 2.09.